The molecule has 2 heterocycles. The van der Waals surface area contributed by atoms with Gasteiger partial charge in [0, 0.05) is 43.9 Å². The summed E-state index contributed by atoms with van der Waals surface area (Å²) in [7, 11) is 0. The third kappa shape index (κ3) is 3.24. The number of hydrogen-bond acceptors (Lipinski definition) is 5. The summed E-state index contributed by atoms with van der Waals surface area (Å²) >= 11 is 0. The highest BCUT2D eigenvalue weighted by Crippen LogP contribution is 2.19. The van der Waals surface area contributed by atoms with Crippen LogP contribution in [-0.2, 0) is 6.54 Å². The molecule has 0 spiro atoms. The van der Waals surface area contributed by atoms with Crippen LogP contribution < -0.4 is 0 Å². The average molecular weight is 314 g/mol. The molecule has 1 aliphatic rings. The van der Waals surface area contributed by atoms with Crippen LogP contribution in [0.3, 0.4) is 0 Å². The van der Waals surface area contributed by atoms with Crippen LogP contribution in [0.4, 0.5) is 0 Å². The van der Waals surface area contributed by atoms with E-state index in [0.29, 0.717) is 17.9 Å². The van der Waals surface area contributed by atoms with Gasteiger partial charge in [-0.05, 0) is 36.0 Å². The summed E-state index contributed by atoms with van der Waals surface area (Å²) in [6.07, 6.45) is 0. The number of aromatic nitrogens is 4. The number of rotatable bonds is 4. The van der Waals surface area contributed by atoms with Crippen LogP contribution in [0.25, 0.3) is 11.4 Å². The summed E-state index contributed by atoms with van der Waals surface area (Å²) in [6, 6.07) is 7.56. The van der Waals surface area contributed by atoms with Crippen molar-refractivity contribution < 1.29 is 4.79 Å². The first-order valence-electron chi connectivity index (χ1n) is 8.11. The number of carbonyl (C=O) groups excluding carboxylic acids is 1. The highest BCUT2D eigenvalue weighted by molar-refractivity contribution is 5.95. The summed E-state index contributed by atoms with van der Waals surface area (Å²) in [5.74, 6) is 0.774. The Hall–Kier alpha value is -2.28. The van der Waals surface area contributed by atoms with Gasteiger partial charge in [0.15, 0.2) is 5.82 Å². The molecule has 122 valence electrons. The quantitative estimate of drug-likeness (QED) is 0.846. The average Bonchev–Trinajstić information content (AvgIpc) is 3.10. The summed E-state index contributed by atoms with van der Waals surface area (Å²) in [6.45, 7) is 9.32. The molecule has 7 heteroatoms. The van der Waals surface area contributed by atoms with Crippen LogP contribution >= 0.6 is 0 Å². The van der Waals surface area contributed by atoms with Gasteiger partial charge >= 0.3 is 0 Å². The van der Waals surface area contributed by atoms with Gasteiger partial charge < -0.3 is 9.80 Å². The van der Waals surface area contributed by atoms with Crippen LogP contribution in [-0.4, -0.2) is 68.6 Å². The van der Waals surface area contributed by atoms with Crippen molar-refractivity contribution >= 4 is 5.91 Å². The van der Waals surface area contributed by atoms with Gasteiger partial charge in [-0.25, -0.2) is 4.68 Å². The molecule has 1 saturated heterocycles. The van der Waals surface area contributed by atoms with E-state index in [1.165, 1.54) is 0 Å². The first kappa shape index (κ1) is 15.6. The Morgan fingerprint density at radius 1 is 1.13 bits per heavy atom. The molecular weight excluding hydrogens is 292 g/mol. The van der Waals surface area contributed by atoms with E-state index in [4.69, 9.17) is 0 Å². The topological polar surface area (TPSA) is 67.2 Å². The lowest BCUT2D eigenvalue weighted by Crippen LogP contribution is -2.48. The van der Waals surface area contributed by atoms with E-state index in [9.17, 15) is 4.79 Å². The highest BCUT2D eigenvalue weighted by Gasteiger charge is 2.21. The maximum atomic E-state index is 12.7. The fourth-order valence-electron chi connectivity index (χ4n) is 2.87. The predicted molar refractivity (Wildman–Crippen MR) is 86.9 cm³/mol. The molecule has 0 N–H and O–H groups in total. The summed E-state index contributed by atoms with van der Waals surface area (Å²) in [5.41, 5.74) is 1.56. The molecule has 3 rings (SSSR count). The van der Waals surface area contributed by atoms with Gasteiger partial charge in [0.05, 0.1) is 0 Å². The number of benzene rings is 1. The molecule has 0 bridgehead atoms. The molecule has 2 aromatic rings. The lowest BCUT2D eigenvalue weighted by atomic mass is 10.1. The summed E-state index contributed by atoms with van der Waals surface area (Å²) in [5, 5.41) is 11.7. The fourth-order valence-corrected chi connectivity index (χ4v) is 2.87. The van der Waals surface area contributed by atoms with Crippen molar-refractivity contribution in [3.63, 3.8) is 0 Å². The lowest BCUT2D eigenvalue weighted by Gasteiger charge is -2.34. The van der Waals surface area contributed by atoms with E-state index in [1.54, 1.807) is 4.68 Å². The fraction of sp³-hybridized carbons (Fsp3) is 0.500. The number of hydrogen-bond donors (Lipinski definition) is 0. The second-order valence-electron chi connectivity index (χ2n) is 5.63. The Balaban J connectivity index is 1.79. The van der Waals surface area contributed by atoms with Crippen molar-refractivity contribution in [3.05, 3.63) is 29.8 Å². The molecule has 1 aromatic heterocycles. The minimum absolute atomic E-state index is 0.0816. The number of amides is 1. The zero-order chi connectivity index (χ0) is 16.2. The molecular formula is C16H22N6O. The highest BCUT2D eigenvalue weighted by atomic mass is 16.2. The third-order valence-electron chi connectivity index (χ3n) is 4.31. The molecule has 0 aliphatic carbocycles. The maximum absolute atomic E-state index is 12.7. The minimum atomic E-state index is 0.0816. The molecule has 0 saturated carbocycles. The largest absolute Gasteiger partial charge is 0.336 e. The van der Waals surface area contributed by atoms with Crippen molar-refractivity contribution in [1.29, 1.82) is 0 Å². The van der Waals surface area contributed by atoms with Gasteiger partial charge in [0.1, 0.15) is 0 Å². The second kappa shape index (κ2) is 6.87. The van der Waals surface area contributed by atoms with Crippen molar-refractivity contribution in [3.8, 4) is 11.4 Å². The smallest absolute Gasteiger partial charge is 0.253 e. The number of piperazine rings is 1. The first-order valence-corrected chi connectivity index (χ1v) is 8.11. The van der Waals surface area contributed by atoms with Crippen LogP contribution in [0.15, 0.2) is 24.3 Å². The van der Waals surface area contributed by atoms with Gasteiger partial charge in [0.25, 0.3) is 5.91 Å². The normalized spacial score (nSPS) is 15.8. The van der Waals surface area contributed by atoms with Crippen molar-refractivity contribution in [2.24, 2.45) is 0 Å². The van der Waals surface area contributed by atoms with Gasteiger partial charge in [-0.2, -0.15) is 0 Å². The summed E-state index contributed by atoms with van der Waals surface area (Å²) in [4.78, 5) is 17.0. The van der Waals surface area contributed by atoms with Crippen molar-refractivity contribution in [2.45, 2.75) is 20.4 Å². The number of aryl methyl sites for hydroxylation is 1. The Bertz CT molecular complexity index is 675. The second-order valence-corrected chi connectivity index (χ2v) is 5.63. The standard InChI is InChI=1S/C16H22N6O/c1-3-20-8-10-21(11-9-20)16(23)14-7-5-6-13(12-14)15-17-18-19-22(15)4-2/h5-7,12H,3-4,8-11H2,1-2H3. The molecule has 0 radical (unpaired) electrons. The molecule has 7 nitrogen and oxygen atoms in total. The maximum Gasteiger partial charge on any atom is 0.253 e. The third-order valence-corrected chi connectivity index (χ3v) is 4.31. The van der Waals surface area contributed by atoms with E-state index in [0.717, 1.165) is 38.3 Å². The monoisotopic (exact) mass is 314 g/mol. The SMILES string of the molecule is CCN1CCN(C(=O)c2cccc(-c3nnnn3CC)c2)CC1. The number of nitrogens with zero attached hydrogens (tertiary/aromatic N) is 6. The minimum Gasteiger partial charge on any atom is -0.336 e. The Labute approximate surface area is 135 Å². The first-order chi connectivity index (χ1) is 11.2. The Kier molecular flexibility index (Phi) is 4.66. The number of likely N-dealkylation sites (N-methyl/N-ethyl adjacent to an activating group) is 1. The predicted octanol–water partition coefficient (Wildman–Crippen LogP) is 1.14. The van der Waals surface area contributed by atoms with Gasteiger partial charge in [-0.3, -0.25) is 4.79 Å². The molecule has 1 aromatic carbocycles. The molecule has 1 aliphatic heterocycles. The van der Waals surface area contributed by atoms with Gasteiger partial charge in [-0.15, -0.1) is 5.10 Å². The Morgan fingerprint density at radius 2 is 1.91 bits per heavy atom. The van der Waals surface area contributed by atoms with E-state index in [-0.39, 0.29) is 5.91 Å². The number of carbonyl (C=O) groups is 1. The van der Waals surface area contributed by atoms with E-state index in [1.807, 2.05) is 36.1 Å². The van der Waals surface area contributed by atoms with Crippen molar-refractivity contribution in [1.82, 2.24) is 30.0 Å². The van der Waals surface area contributed by atoms with E-state index < -0.39 is 0 Å². The van der Waals surface area contributed by atoms with Crippen LogP contribution in [0.1, 0.15) is 24.2 Å². The zero-order valence-electron chi connectivity index (χ0n) is 13.6. The molecule has 1 amide bonds. The van der Waals surface area contributed by atoms with Crippen LogP contribution in [0.5, 0.6) is 0 Å². The van der Waals surface area contributed by atoms with Crippen molar-refractivity contribution in [2.75, 3.05) is 32.7 Å². The summed E-state index contributed by atoms with van der Waals surface area (Å²) < 4.78 is 1.73. The van der Waals surface area contributed by atoms with Gasteiger partial charge in [-0.1, -0.05) is 19.1 Å². The van der Waals surface area contributed by atoms with E-state index in [2.05, 4.69) is 27.3 Å². The molecule has 1 fully saturated rings. The lowest BCUT2D eigenvalue weighted by molar-refractivity contribution is 0.0643. The van der Waals surface area contributed by atoms with Crippen LogP contribution in [0.2, 0.25) is 0 Å². The van der Waals surface area contributed by atoms with E-state index >= 15 is 0 Å². The molecule has 0 unspecified atom stereocenters. The number of tetrazole rings is 1. The Morgan fingerprint density at radius 3 is 2.61 bits per heavy atom. The van der Waals surface area contributed by atoms with Crippen LogP contribution in [0, 0.1) is 0 Å². The molecule has 23 heavy (non-hydrogen) atoms. The van der Waals surface area contributed by atoms with Gasteiger partial charge in [0.2, 0.25) is 0 Å². The zero-order valence-corrected chi connectivity index (χ0v) is 13.6. The molecule has 0 atom stereocenters.